The van der Waals surface area contributed by atoms with E-state index in [0.717, 1.165) is 12.5 Å². The highest BCUT2D eigenvalue weighted by Crippen LogP contribution is 2.34. The molecule has 0 saturated carbocycles. The molecule has 1 heterocycles. The number of anilines is 1. The Hall–Kier alpha value is -1.76. The van der Waals surface area contributed by atoms with Crippen LogP contribution in [0.5, 0.6) is 0 Å². The quantitative estimate of drug-likeness (QED) is 0.906. The van der Waals surface area contributed by atoms with Crippen LogP contribution in [0.1, 0.15) is 17.5 Å². The van der Waals surface area contributed by atoms with Gasteiger partial charge in [-0.3, -0.25) is 4.79 Å². The second-order valence-corrected chi connectivity index (χ2v) is 5.13. The molecule has 1 fully saturated rings. The molecular formula is C14H18F3N3O. The van der Waals surface area contributed by atoms with Crippen molar-refractivity contribution >= 4 is 11.6 Å². The Morgan fingerprint density at radius 1 is 1.29 bits per heavy atom. The molecule has 0 bridgehead atoms. The Bertz CT molecular complexity index is 531. The minimum atomic E-state index is -4.45. The van der Waals surface area contributed by atoms with Gasteiger partial charge in [0.2, 0.25) is 5.91 Å². The van der Waals surface area contributed by atoms with Crippen molar-refractivity contribution in [3.63, 3.8) is 0 Å². The molecule has 0 aromatic heterocycles. The van der Waals surface area contributed by atoms with Gasteiger partial charge in [-0.15, -0.1) is 0 Å². The van der Waals surface area contributed by atoms with Crippen LogP contribution in [-0.2, 0) is 17.5 Å². The third-order valence-electron chi connectivity index (χ3n) is 3.66. The lowest BCUT2D eigenvalue weighted by molar-refractivity contribution is -0.138. The van der Waals surface area contributed by atoms with Crippen molar-refractivity contribution in [2.45, 2.75) is 19.1 Å². The number of amides is 1. The van der Waals surface area contributed by atoms with Gasteiger partial charge in [0.15, 0.2) is 0 Å². The fourth-order valence-electron chi connectivity index (χ4n) is 2.41. The molecule has 1 aromatic rings. The summed E-state index contributed by atoms with van der Waals surface area (Å²) in [5.74, 6) is -0.0936. The van der Waals surface area contributed by atoms with Gasteiger partial charge in [-0.2, -0.15) is 13.2 Å². The van der Waals surface area contributed by atoms with Crippen molar-refractivity contribution in [1.82, 2.24) is 4.90 Å². The summed E-state index contributed by atoms with van der Waals surface area (Å²) in [5, 5.41) is 0. The van der Waals surface area contributed by atoms with Gasteiger partial charge in [0.25, 0.3) is 0 Å². The lowest BCUT2D eigenvalue weighted by atomic mass is 10.1. The van der Waals surface area contributed by atoms with Crippen LogP contribution in [0.2, 0.25) is 0 Å². The smallest absolute Gasteiger partial charge is 0.362 e. The number of alkyl halides is 3. The van der Waals surface area contributed by atoms with Crippen molar-refractivity contribution < 1.29 is 18.0 Å². The van der Waals surface area contributed by atoms with E-state index in [-0.39, 0.29) is 24.6 Å². The van der Waals surface area contributed by atoms with Gasteiger partial charge in [-0.1, -0.05) is 6.07 Å². The monoisotopic (exact) mass is 301 g/mol. The summed E-state index contributed by atoms with van der Waals surface area (Å²) < 4.78 is 39.2. The standard InChI is InChI=1S/C14H18F3N3O/c1-19-5-2-6-20(9-13(19)21)11-4-3-10(8-18)12(7-11)14(15,16)17/h3-4,7H,2,5-6,8-9,18H2,1H3. The largest absolute Gasteiger partial charge is 0.416 e. The first kappa shape index (κ1) is 15.6. The lowest BCUT2D eigenvalue weighted by Gasteiger charge is -2.24. The van der Waals surface area contributed by atoms with E-state index in [2.05, 4.69) is 0 Å². The Labute approximate surface area is 121 Å². The Kier molecular flexibility index (Phi) is 4.41. The van der Waals surface area contributed by atoms with Gasteiger partial charge in [-0.25, -0.2) is 0 Å². The highest BCUT2D eigenvalue weighted by Gasteiger charge is 2.34. The normalized spacial score (nSPS) is 17.1. The van der Waals surface area contributed by atoms with Gasteiger partial charge in [0, 0.05) is 32.4 Å². The van der Waals surface area contributed by atoms with Gasteiger partial charge < -0.3 is 15.5 Å². The van der Waals surface area contributed by atoms with Gasteiger partial charge >= 0.3 is 6.18 Å². The SMILES string of the molecule is CN1CCCN(c2ccc(CN)c(C(F)(F)F)c2)CC1=O. The van der Waals surface area contributed by atoms with E-state index in [9.17, 15) is 18.0 Å². The van der Waals surface area contributed by atoms with E-state index < -0.39 is 11.7 Å². The average molecular weight is 301 g/mol. The molecule has 0 atom stereocenters. The van der Waals surface area contributed by atoms with E-state index in [1.54, 1.807) is 22.9 Å². The number of likely N-dealkylation sites (N-methyl/N-ethyl adjacent to an activating group) is 1. The predicted molar refractivity (Wildman–Crippen MR) is 73.8 cm³/mol. The molecule has 21 heavy (non-hydrogen) atoms. The molecule has 1 aliphatic heterocycles. The number of hydrogen-bond acceptors (Lipinski definition) is 3. The Morgan fingerprint density at radius 3 is 2.62 bits per heavy atom. The van der Waals surface area contributed by atoms with Crippen molar-refractivity contribution in [1.29, 1.82) is 0 Å². The number of nitrogens with zero attached hydrogens (tertiary/aromatic N) is 2. The van der Waals surface area contributed by atoms with Gasteiger partial charge in [-0.05, 0) is 24.1 Å². The number of halogens is 3. The average Bonchev–Trinajstić information content (AvgIpc) is 2.59. The number of rotatable bonds is 2. The summed E-state index contributed by atoms with van der Waals surface area (Å²) >= 11 is 0. The van der Waals surface area contributed by atoms with Crippen LogP contribution in [0.4, 0.5) is 18.9 Å². The molecule has 1 aliphatic rings. The number of nitrogens with two attached hydrogens (primary N) is 1. The molecule has 4 nitrogen and oxygen atoms in total. The molecule has 0 radical (unpaired) electrons. The molecule has 0 spiro atoms. The maximum atomic E-state index is 13.1. The summed E-state index contributed by atoms with van der Waals surface area (Å²) in [6.45, 7) is 1.09. The first-order valence-corrected chi connectivity index (χ1v) is 6.72. The Morgan fingerprint density at radius 2 is 2.00 bits per heavy atom. The summed E-state index contributed by atoms with van der Waals surface area (Å²) in [7, 11) is 1.70. The highest BCUT2D eigenvalue weighted by atomic mass is 19.4. The maximum absolute atomic E-state index is 13.1. The van der Waals surface area contributed by atoms with E-state index in [1.165, 1.54) is 6.07 Å². The highest BCUT2D eigenvalue weighted by molar-refractivity contribution is 5.81. The minimum Gasteiger partial charge on any atom is -0.362 e. The topological polar surface area (TPSA) is 49.6 Å². The summed E-state index contributed by atoms with van der Waals surface area (Å²) in [6.07, 6.45) is -3.72. The zero-order valence-electron chi connectivity index (χ0n) is 11.8. The van der Waals surface area contributed by atoms with E-state index >= 15 is 0 Å². The van der Waals surface area contributed by atoms with Crippen LogP contribution >= 0.6 is 0 Å². The number of carbonyl (C=O) groups is 1. The van der Waals surface area contributed by atoms with Crippen LogP contribution in [0.15, 0.2) is 18.2 Å². The van der Waals surface area contributed by atoms with Crippen molar-refractivity contribution in [2.75, 3.05) is 31.6 Å². The van der Waals surface area contributed by atoms with Crippen LogP contribution in [-0.4, -0.2) is 37.5 Å². The third-order valence-corrected chi connectivity index (χ3v) is 3.66. The van der Waals surface area contributed by atoms with E-state index in [0.29, 0.717) is 18.8 Å². The zero-order chi connectivity index (χ0) is 15.6. The second kappa shape index (κ2) is 5.93. The molecule has 1 amide bonds. The van der Waals surface area contributed by atoms with Crippen molar-refractivity contribution in [3.05, 3.63) is 29.3 Å². The zero-order valence-corrected chi connectivity index (χ0v) is 11.8. The van der Waals surface area contributed by atoms with Gasteiger partial charge in [0.1, 0.15) is 0 Å². The predicted octanol–water partition coefficient (Wildman–Crippen LogP) is 1.83. The second-order valence-electron chi connectivity index (χ2n) is 5.13. The molecule has 2 N–H and O–H groups in total. The first-order valence-electron chi connectivity index (χ1n) is 6.72. The van der Waals surface area contributed by atoms with Crippen LogP contribution in [0, 0.1) is 0 Å². The molecular weight excluding hydrogens is 283 g/mol. The first-order chi connectivity index (χ1) is 9.82. The maximum Gasteiger partial charge on any atom is 0.416 e. The molecule has 0 unspecified atom stereocenters. The fourth-order valence-corrected chi connectivity index (χ4v) is 2.41. The van der Waals surface area contributed by atoms with Crippen molar-refractivity contribution in [3.8, 4) is 0 Å². The summed E-state index contributed by atoms with van der Waals surface area (Å²) in [4.78, 5) is 15.1. The van der Waals surface area contributed by atoms with E-state index in [1.807, 2.05) is 0 Å². The van der Waals surface area contributed by atoms with Crippen LogP contribution in [0.3, 0.4) is 0 Å². The Balaban J connectivity index is 2.34. The molecule has 2 rings (SSSR count). The fraction of sp³-hybridized carbons (Fsp3) is 0.500. The third kappa shape index (κ3) is 3.47. The summed E-state index contributed by atoms with van der Waals surface area (Å²) in [5.41, 5.74) is 5.10. The lowest BCUT2D eigenvalue weighted by Crippen LogP contribution is -2.34. The number of carbonyl (C=O) groups excluding carboxylic acids is 1. The molecule has 1 aromatic carbocycles. The molecule has 0 aliphatic carbocycles. The number of hydrogen-bond donors (Lipinski definition) is 1. The van der Waals surface area contributed by atoms with Crippen LogP contribution in [0.25, 0.3) is 0 Å². The van der Waals surface area contributed by atoms with Gasteiger partial charge in [0.05, 0.1) is 12.1 Å². The van der Waals surface area contributed by atoms with E-state index in [4.69, 9.17) is 5.73 Å². The summed E-state index contributed by atoms with van der Waals surface area (Å²) in [6, 6.07) is 4.06. The van der Waals surface area contributed by atoms with Crippen LogP contribution < -0.4 is 10.6 Å². The number of benzene rings is 1. The molecule has 7 heteroatoms. The molecule has 116 valence electrons. The molecule has 1 saturated heterocycles. The van der Waals surface area contributed by atoms with Crippen molar-refractivity contribution in [2.24, 2.45) is 5.73 Å². The minimum absolute atomic E-state index is 0.0597.